The molecule has 0 aromatic heterocycles. The predicted octanol–water partition coefficient (Wildman–Crippen LogP) is 4.31. The van der Waals surface area contributed by atoms with Crippen LogP contribution in [0.25, 0.3) is 0 Å². The maximum atomic E-state index is 13.1. The Bertz CT molecular complexity index is 659. The highest BCUT2D eigenvalue weighted by molar-refractivity contribution is 6.31. The maximum absolute atomic E-state index is 13.1. The van der Waals surface area contributed by atoms with E-state index < -0.39 is 0 Å². The van der Waals surface area contributed by atoms with Gasteiger partial charge in [-0.3, -0.25) is 0 Å². The molecule has 0 bridgehead atoms. The van der Waals surface area contributed by atoms with Crippen LogP contribution in [0.3, 0.4) is 0 Å². The zero-order valence-corrected chi connectivity index (χ0v) is 11.8. The molecule has 0 saturated carbocycles. The molecule has 1 aliphatic heterocycles. The molecule has 1 aliphatic rings. The Morgan fingerprint density at radius 2 is 2.00 bits per heavy atom. The van der Waals surface area contributed by atoms with E-state index in [-0.39, 0.29) is 18.0 Å². The number of benzene rings is 2. The van der Waals surface area contributed by atoms with Crippen LogP contribution in [0.15, 0.2) is 36.4 Å². The van der Waals surface area contributed by atoms with Crippen LogP contribution in [0.4, 0.5) is 4.39 Å². The normalized spacial score (nSPS) is 21.2. The van der Waals surface area contributed by atoms with Crippen molar-refractivity contribution in [3.63, 3.8) is 0 Å². The quantitative estimate of drug-likeness (QED) is 0.849. The molecule has 104 valence electrons. The standard InChI is InChI=1S/C16H15ClFNO/c1-9-2-5-15-12(6-9)14(19)8-16(20-15)11-4-3-10(18)7-13(11)17/h2-7,14,16H,8,19H2,1H3. The van der Waals surface area contributed by atoms with Crippen LogP contribution < -0.4 is 10.5 Å². The van der Waals surface area contributed by atoms with Crippen molar-refractivity contribution < 1.29 is 9.13 Å². The molecule has 2 aromatic rings. The third-order valence-electron chi connectivity index (χ3n) is 3.61. The second kappa shape index (κ2) is 5.08. The minimum atomic E-state index is -0.352. The summed E-state index contributed by atoms with van der Waals surface area (Å²) in [5.41, 5.74) is 9.17. The minimum absolute atomic E-state index is 0.107. The lowest BCUT2D eigenvalue weighted by Gasteiger charge is -2.31. The van der Waals surface area contributed by atoms with E-state index in [1.165, 1.54) is 12.1 Å². The number of hydrogen-bond acceptors (Lipinski definition) is 2. The number of hydrogen-bond donors (Lipinski definition) is 1. The van der Waals surface area contributed by atoms with Crippen LogP contribution in [-0.4, -0.2) is 0 Å². The fourth-order valence-corrected chi connectivity index (χ4v) is 2.87. The fourth-order valence-electron chi connectivity index (χ4n) is 2.58. The van der Waals surface area contributed by atoms with Gasteiger partial charge in [-0.1, -0.05) is 35.4 Å². The molecule has 2 aromatic carbocycles. The summed E-state index contributed by atoms with van der Waals surface area (Å²) in [7, 11) is 0. The van der Waals surface area contributed by atoms with Crippen molar-refractivity contribution in [3.05, 3.63) is 63.9 Å². The lowest BCUT2D eigenvalue weighted by molar-refractivity contribution is 0.161. The second-order valence-electron chi connectivity index (χ2n) is 5.16. The van der Waals surface area contributed by atoms with Gasteiger partial charge in [0.05, 0.1) is 5.02 Å². The molecule has 0 aliphatic carbocycles. The first-order valence-corrected chi connectivity index (χ1v) is 6.90. The molecule has 3 rings (SSSR count). The highest BCUT2D eigenvalue weighted by Crippen LogP contribution is 2.41. The molecule has 0 spiro atoms. The van der Waals surface area contributed by atoms with Crippen molar-refractivity contribution in [3.8, 4) is 5.75 Å². The van der Waals surface area contributed by atoms with Crippen molar-refractivity contribution in [1.29, 1.82) is 0 Å². The van der Waals surface area contributed by atoms with Gasteiger partial charge in [0.2, 0.25) is 0 Å². The van der Waals surface area contributed by atoms with E-state index >= 15 is 0 Å². The van der Waals surface area contributed by atoms with E-state index in [1.807, 2.05) is 25.1 Å². The minimum Gasteiger partial charge on any atom is -0.485 e. The molecule has 0 fully saturated rings. The Morgan fingerprint density at radius 1 is 1.20 bits per heavy atom. The number of halogens is 2. The first kappa shape index (κ1) is 13.4. The number of rotatable bonds is 1. The van der Waals surface area contributed by atoms with E-state index in [0.29, 0.717) is 11.4 Å². The van der Waals surface area contributed by atoms with Crippen molar-refractivity contribution in [2.75, 3.05) is 0 Å². The molecule has 2 nitrogen and oxygen atoms in total. The van der Waals surface area contributed by atoms with E-state index in [9.17, 15) is 4.39 Å². The number of ether oxygens (including phenoxy) is 1. The van der Waals surface area contributed by atoms with Gasteiger partial charge in [0, 0.05) is 23.6 Å². The van der Waals surface area contributed by atoms with Crippen LogP contribution in [-0.2, 0) is 0 Å². The van der Waals surface area contributed by atoms with Crippen LogP contribution in [0.2, 0.25) is 5.02 Å². The molecular formula is C16H15ClFNO. The second-order valence-corrected chi connectivity index (χ2v) is 5.56. The smallest absolute Gasteiger partial charge is 0.127 e. The van der Waals surface area contributed by atoms with Gasteiger partial charge in [-0.2, -0.15) is 0 Å². The predicted molar refractivity (Wildman–Crippen MR) is 77.5 cm³/mol. The zero-order valence-electron chi connectivity index (χ0n) is 11.1. The van der Waals surface area contributed by atoms with Gasteiger partial charge in [0.15, 0.2) is 0 Å². The van der Waals surface area contributed by atoms with Crippen LogP contribution >= 0.6 is 11.6 Å². The SMILES string of the molecule is Cc1ccc2c(c1)C(N)CC(c1ccc(F)cc1Cl)O2. The monoisotopic (exact) mass is 291 g/mol. The summed E-state index contributed by atoms with van der Waals surface area (Å²) in [5.74, 6) is 0.426. The third kappa shape index (κ3) is 2.39. The summed E-state index contributed by atoms with van der Waals surface area (Å²) in [6.07, 6.45) is 0.384. The lowest BCUT2D eigenvalue weighted by atomic mass is 9.92. The average Bonchev–Trinajstić information content (AvgIpc) is 2.39. The summed E-state index contributed by atoms with van der Waals surface area (Å²) < 4.78 is 19.1. The Balaban J connectivity index is 1.97. The van der Waals surface area contributed by atoms with Crippen molar-refractivity contribution in [1.82, 2.24) is 0 Å². The fraction of sp³-hybridized carbons (Fsp3) is 0.250. The van der Waals surface area contributed by atoms with Gasteiger partial charge in [-0.15, -0.1) is 0 Å². The van der Waals surface area contributed by atoms with Gasteiger partial charge in [0.1, 0.15) is 17.7 Å². The summed E-state index contributed by atoms with van der Waals surface area (Å²) in [4.78, 5) is 0. The average molecular weight is 292 g/mol. The molecule has 1 heterocycles. The van der Waals surface area contributed by atoms with Gasteiger partial charge in [-0.05, 0) is 25.1 Å². The van der Waals surface area contributed by atoms with Crippen LogP contribution in [0.1, 0.15) is 35.3 Å². The summed E-state index contributed by atoms with van der Waals surface area (Å²) in [5, 5.41) is 0.373. The van der Waals surface area contributed by atoms with E-state index in [1.54, 1.807) is 6.07 Å². The van der Waals surface area contributed by atoms with Crippen molar-refractivity contribution in [2.24, 2.45) is 5.73 Å². The number of fused-ring (bicyclic) bond motifs is 1. The topological polar surface area (TPSA) is 35.2 Å². The number of aryl methyl sites for hydroxylation is 1. The van der Waals surface area contributed by atoms with Crippen molar-refractivity contribution >= 4 is 11.6 Å². The molecule has 2 N–H and O–H groups in total. The molecule has 0 saturated heterocycles. The van der Waals surface area contributed by atoms with Gasteiger partial charge >= 0.3 is 0 Å². The summed E-state index contributed by atoms with van der Waals surface area (Å²) in [6, 6.07) is 10.2. The molecule has 0 radical (unpaired) electrons. The Labute approximate surface area is 122 Å². The molecule has 20 heavy (non-hydrogen) atoms. The largest absolute Gasteiger partial charge is 0.485 e. The lowest BCUT2D eigenvalue weighted by Crippen LogP contribution is -2.24. The zero-order chi connectivity index (χ0) is 14.3. The first-order valence-electron chi connectivity index (χ1n) is 6.52. The highest BCUT2D eigenvalue weighted by Gasteiger charge is 2.28. The first-order chi connectivity index (χ1) is 9.54. The Hall–Kier alpha value is -1.58. The molecule has 2 atom stereocenters. The summed E-state index contributed by atoms with van der Waals surface area (Å²) in [6.45, 7) is 2.02. The van der Waals surface area contributed by atoms with Crippen LogP contribution in [0, 0.1) is 12.7 Å². The van der Waals surface area contributed by atoms with E-state index in [2.05, 4.69) is 0 Å². The number of nitrogens with two attached hydrogens (primary N) is 1. The maximum Gasteiger partial charge on any atom is 0.127 e. The van der Waals surface area contributed by atoms with E-state index in [4.69, 9.17) is 22.1 Å². The van der Waals surface area contributed by atoms with Crippen LogP contribution in [0.5, 0.6) is 5.75 Å². The molecule has 2 unspecified atom stereocenters. The van der Waals surface area contributed by atoms with Gasteiger partial charge in [-0.25, -0.2) is 4.39 Å². The van der Waals surface area contributed by atoms with Crippen molar-refractivity contribution in [2.45, 2.75) is 25.5 Å². The molecule has 0 amide bonds. The van der Waals surface area contributed by atoms with Gasteiger partial charge < -0.3 is 10.5 Å². The highest BCUT2D eigenvalue weighted by atomic mass is 35.5. The Kier molecular flexibility index (Phi) is 3.40. The van der Waals surface area contributed by atoms with Gasteiger partial charge in [0.25, 0.3) is 0 Å². The van der Waals surface area contributed by atoms with E-state index in [0.717, 1.165) is 22.4 Å². The molecule has 4 heteroatoms. The third-order valence-corrected chi connectivity index (χ3v) is 3.94. The molecular weight excluding hydrogens is 277 g/mol. The summed E-state index contributed by atoms with van der Waals surface area (Å²) >= 11 is 6.10. The Morgan fingerprint density at radius 3 is 2.75 bits per heavy atom.